The maximum atomic E-state index is 10.9. The summed E-state index contributed by atoms with van der Waals surface area (Å²) in [6, 6.07) is 22.4. The van der Waals surface area contributed by atoms with Crippen LogP contribution in [0.1, 0.15) is 0 Å². The Hall–Kier alpha value is -5.39. The SMILES string of the molecule is O=[N+]([O-])c1ccc(Nc2nc(N=Nc3c(O)[nH]c4ccccc34)nc(Nc3ccccc3)n2)cc1. The molecule has 0 radical (unpaired) electrons. The number of aromatic nitrogens is 4. The highest BCUT2D eigenvalue weighted by Crippen LogP contribution is 2.36. The summed E-state index contributed by atoms with van der Waals surface area (Å²) in [5.41, 5.74) is 2.21. The molecular weight excluding hydrogens is 450 g/mol. The molecule has 172 valence electrons. The number of non-ortho nitro benzene ring substituents is 1. The van der Waals surface area contributed by atoms with E-state index in [0.29, 0.717) is 16.6 Å². The number of benzene rings is 3. The lowest BCUT2D eigenvalue weighted by Gasteiger charge is -2.08. The number of nitro benzene ring substituents is 1. The molecule has 12 nitrogen and oxygen atoms in total. The number of nitro groups is 1. The molecule has 0 aliphatic heterocycles. The van der Waals surface area contributed by atoms with Gasteiger partial charge in [-0.1, -0.05) is 36.4 Å². The van der Waals surface area contributed by atoms with Gasteiger partial charge in [-0.25, -0.2) is 0 Å². The van der Waals surface area contributed by atoms with E-state index >= 15 is 0 Å². The number of nitrogens with one attached hydrogen (secondary N) is 3. The van der Waals surface area contributed by atoms with Crippen molar-refractivity contribution < 1.29 is 10.0 Å². The molecule has 0 bridgehead atoms. The lowest BCUT2D eigenvalue weighted by Crippen LogP contribution is -2.03. The van der Waals surface area contributed by atoms with Gasteiger partial charge in [0.2, 0.25) is 17.8 Å². The van der Waals surface area contributed by atoms with Crippen LogP contribution in [-0.2, 0) is 0 Å². The van der Waals surface area contributed by atoms with Crippen LogP contribution in [0.25, 0.3) is 10.9 Å². The van der Waals surface area contributed by atoms with Crippen molar-refractivity contribution in [3.05, 3.63) is 89.0 Å². The first-order chi connectivity index (χ1) is 17.0. The summed E-state index contributed by atoms with van der Waals surface area (Å²) in [4.78, 5) is 26.2. The van der Waals surface area contributed by atoms with Crippen LogP contribution >= 0.6 is 0 Å². The standard InChI is InChI=1S/C23H17N9O3/c33-20-19(17-8-4-5-9-18(17)26-20)30-31-23-28-21(24-14-6-2-1-3-7-14)27-22(29-23)25-15-10-12-16(13-11-15)32(34)35/h1-13,26,33H,(H2,24,25,27,28,29). The molecule has 12 heteroatoms. The van der Waals surface area contributed by atoms with E-state index in [2.05, 4.69) is 40.8 Å². The highest BCUT2D eigenvalue weighted by Gasteiger charge is 2.12. The molecule has 0 unspecified atom stereocenters. The van der Waals surface area contributed by atoms with Gasteiger partial charge in [0.05, 0.1) is 10.4 Å². The third kappa shape index (κ3) is 4.85. The van der Waals surface area contributed by atoms with E-state index in [1.165, 1.54) is 24.3 Å². The Bertz CT molecular complexity index is 1530. The molecule has 5 rings (SSSR count). The summed E-state index contributed by atoms with van der Waals surface area (Å²) in [7, 11) is 0. The van der Waals surface area contributed by atoms with Gasteiger partial charge >= 0.3 is 0 Å². The Morgan fingerprint density at radius 3 is 2.11 bits per heavy atom. The number of hydrogen-bond donors (Lipinski definition) is 4. The van der Waals surface area contributed by atoms with Gasteiger partial charge in [-0.2, -0.15) is 15.0 Å². The zero-order chi connectivity index (χ0) is 24.2. The average Bonchev–Trinajstić information content (AvgIpc) is 3.18. The predicted octanol–water partition coefficient (Wildman–Crippen LogP) is 5.87. The topological polar surface area (TPSA) is 167 Å². The maximum absolute atomic E-state index is 10.9. The minimum Gasteiger partial charge on any atom is -0.493 e. The minimum absolute atomic E-state index is 0.0208. The van der Waals surface area contributed by atoms with Gasteiger partial charge in [0.15, 0.2) is 5.69 Å². The maximum Gasteiger partial charge on any atom is 0.275 e. The lowest BCUT2D eigenvalue weighted by molar-refractivity contribution is -0.384. The molecule has 5 aromatic rings. The number of para-hydroxylation sites is 2. The van der Waals surface area contributed by atoms with Crippen molar-refractivity contribution >= 4 is 51.5 Å². The van der Waals surface area contributed by atoms with Crippen molar-refractivity contribution in [1.29, 1.82) is 0 Å². The van der Waals surface area contributed by atoms with Crippen LogP contribution in [0.5, 0.6) is 5.88 Å². The summed E-state index contributed by atoms with van der Waals surface area (Å²) in [6.45, 7) is 0. The fourth-order valence-corrected chi connectivity index (χ4v) is 3.28. The van der Waals surface area contributed by atoms with Gasteiger partial charge in [0.1, 0.15) is 0 Å². The number of hydrogen-bond acceptors (Lipinski definition) is 10. The Morgan fingerprint density at radius 2 is 1.43 bits per heavy atom. The van der Waals surface area contributed by atoms with E-state index < -0.39 is 4.92 Å². The number of fused-ring (bicyclic) bond motifs is 1. The van der Waals surface area contributed by atoms with Crippen molar-refractivity contribution in [2.75, 3.05) is 10.6 Å². The highest BCUT2D eigenvalue weighted by atomic mass is 16.6. The van der Waals surface area contributed by atoms with Crippen LogP contribution in [0.3, 0.4) is 0 Å². The van der Waals surface area contributed by atoms with Gasteiger partial charge in [0, 0.05) is 28.9 Å². The zero-order valence-corrected chi connectivity index (χ0v) is 18.0. The van der Waals surface area contributed by atoms with Gasteiger partial charge < -0.3 is 20.7 Å². The van der Waals surface area contributed by atoms with Crippen molar-refractivity contribution in [3.8, 4) is 5.88 Å². The molecular formula is C23H17N9O3. The highest BCUT2D eigenvalue weighted by molar-refractivity contribution is 5.94. The largest absolute Gasteiger partial charge is 0.493 e. The first-order valence-corrected chi connectivity index (χ1v) is 10.4. The number of nitrogens with zero attached hydrogens (tertiary/aromatic N) is 6. The Morgan fingerprint density at radius 1 is 0.800 bits per heavy atom. The van der Waals surface area contributed by atoms with Crippen molar-refractivity contribution in [3.63, 3.8) is 0 Å². The molecule has 0 saturated heterocycles. The molecule has 0 saturated carbocycles. The lowest BCUT2D eigenvalue weighted by atomic mass is 10.2. The van der Waals surface area contributed by atoms with Crippen LogP contribution in [0.15, 0.2) is 89.1 Å². The molecule has 0 spiro atoms. The molecule has 0 aliphatic carbocycles. The summed E-state index contributed by atoms with van der Waals surface area (Å²) >= 11 is 0. The number of anilines is 4. The number of rotatable bonds is 7. The second kappa shape index (κ2) is 9.23. The van der Waals surface area contributed by atoms with E-state index in [4.69, 9.17) is 0 Å². The van der Waals surface area contributed by atoms with Gasteiger partial charge in [0.25, 0.3) is 11.6 Å². The summed E-state index contributed by atoms with van der Waals surface area (Å²) in [5.74, 6) is 0.195. The van der Waals surface area contributed by atoms with E-state index in [-0.39, 0.29) is 35.1 Å². The number of azo groups is 1. The summed E-state index contributed by atoms with van der Waals surface area (Å²) in [6.07, 6.45) is 0. The van der Waals surface area contributed by atoms with Crippen LogP contribution in [0, 0.1) is 10.1 Å². The average molecular weight is 467 g/mol. The van der Waals surface area contributed by atoms with Gasteiger partial charge in [-0.05, 0) is 30.3 Å². The second-order valence-corrected chi connectivity index (χ2v) is 7.27. The fraction of sp³-hybridized carbons (Fsp3) is 0. The minimum atomic E-state index is -0.479. The van der Waals surface area contributed by atoms with E-state index in [1.807, 2.05) is 48.5 Å². The van der Waals surface area contributed by atoms with Gasteiger partial charge in [-0.15, -0.1) is 10.2 Å². The first-order valence-electron chi connectivity index (χ1n) is 10.4. The van der Waals surface area contributed by atoms with Crippen LogP contribution in [0.2, 0.25) is 0 Å². The molecule has 0 amide bonds. The third-order valence-corrected chi connectivity index (χ3v) is 4.89. The number of aromatic hydroxyl groups is 1. The smallest absolute Gasteiger partial charge is 0.275 e. The van der Waals surface area contributed by atoms with Gasteiger partial charge in [-0.3, -0.25) is 10.1 Å². The van der Waals surface area contributed by atoms with Crippen molar-refractivity contribution in [2.45, 2.75) is 0 Å². The molecule has 4 N–H and O–H groups in total. The normalized spacial score (nSPS) is 11.1. The van der Waals surface area contributed by atoms with E-state index in [0.717, 1.165) is 5.69 Å². The quantitative estimate of drug-likeness (QED) is 0.131. The van der Waals surface area contributed by atoms with Crippen LogP contribution < -0.4 is 10.6 Å². The fourth-order valence-electron chi connectivity index (χ4n) is 3.28. The number of H-pyrrole nitrogens is 1. The molecule has 0 atom stereocenters. The van der Waals surface area contributed by atoms with E-state index in [9.17, 15) is 15.2 Å². The second-order valence-electron chi connectivity index (χ2n) is 7.27. The molecule has 2 heterocycles. The monoisotopic (exact) mass is 467 g/mol. The predicted molar refractivity (Wildman–Crippen MR) is 130 cm³/mol. The summed E-state index contributed by atoms with van der Waals surface area (Å²) in [5, 5.41) is 36.2. The number of aromatic amines is 1. The third-order valence-electron chi connectivity index (χ3n) is 4.89. The molecule has 0 fully saturated rings. The molecule has 3 aromatic carbocycles. The zero-order valence-electron chi connectivity index (χ0n) is 18.0. The van der Waals surface area contributed by atoms with Crippen LogP contribution in [-0.4, -0.2) is 30.0 Å². The molecule has 2 aromatic heterocycles. The Balaban J connectivity index is 1.49. The first kappa shape index (κ1) is 21.5. The van der Waals surface area contributed by atoms with Crippen LogP contribution in [0.4, 0.5) is 40.6 Å². The van der Waals surface area contributed by atoms with Crippen molar-refractivity contribution in [2.24, 2.45) is 10.2 Å². The molecule has 35 heavy (non-hydrogen) atoms. The van der Waals surface area contributed by atoms with E-state index in [1.54, 1.807) is 6.07 Å². The van der Waals surface area contributed by atoms with Crippen molar-refractivity contribution in [1.82, 2.24) is 19.9 Å². The summed E-state index contributed by atoms with van der Waals surface area (Å²) < 4.78 is 0. The molecule has 0 aliphatic rings. The Kier molecular flexibility index (Phi) is 5.66. The Labute approximate surface area is 197 Å².